The van der Waals surface area contributed by atoms with E-state index in [-0.39, 0.29) is 11.9 Å². The van der Waals surface area contributed by atoms with Crippen molar-refractivity contribution in [2.24, 2.45) is 0 Å². The molecule has 1 aromatic heterocycles. The number of rotatable bonds is 2. The first-order chi connectivity index (χ1) is 11.7. The lowest BCUT2D eigenvalue weighted by molar-refractivity contribution is 0.0611. The maximum absolute atomic E-state index is 13.0. The number of hydrogen-bond donors (Lipinski definition) is 0. The van der Waals surface area contributed by atoms with Gasteiger partial charge in [0.05, 0.1) is 16.3 Å². The quantitative estimate of drug-likeness (QED) is 0.622. The van der Waals surface area contributed by atoms with E-state index < -0.39 is 0 Å². The second-order valence-electron chi connectivity index (χ2n) is 6.04. The molecule has 1 aliphatic heterocycles. The number of amides is 1. The predicted molar refractivity (Wildman–Crippen MR) is 98.7 cm³/mol. The molecular formula is C19H17ClN2OS. The van der Waals surface area contributed by atoms with Crippen molar-refractivity contribution in [3.8, 4) is 0 Å². The lowest BCUT2D eigenvalue weighted by atomic mass is 10.0. The van der Waals surface area contributed by atoms with Gasteiger partial charge in [-0.05, 0) is 49.6 Å². The molecule has 24 heavy (non-hydrogen) atoms. The first-order valence-corrected chi connectivity index (χ1v) is 9.34. The number of thiazole rings is 1. The molecule has 4 rings (SSSR count). The van der Waals surface area contributed by atoms with E-state index in [1.54, 1.807) is 23.5 Å². The topological polar surface area (TPSA) is 33.2 Å². The molecule has 1 atom stereocenters. The zero-order valence-electron chi connectivity index (χ0n) is 13.1. The number of carbonyl (C=O) groups excluding carboxylic acids is 1. The Balaban J connectivity index is 1.69. The number of nitrogens with zero attached hydrogens (tertiary/aromatic N) is 2. The number of benzene rings is 2. The number of piperidine rings is 1. The molecule has 2 aromatic carbocycles. The third-order valence-corrected chi connectivity index (χ3v) is 5.80. The lowest BCUT2D eigenvalue weighted by Gasteiger charge is -2.34. The Hall–Kier alpha value is -1.91. The summed E-state index contributed by atoms with van der Waals surface area (Å²) in [6, 6.07) is 15.4. The van der Waals surface area contributed by atoms with E-state index in [2.05, 4.69) is 6.07 Å². The molecule has 3 nitrogen and oxygen atoms in total. The monoisotopic (exact) mass is 356 g/mol. The van der Waals surface area contributed by atoms with E-state index in [0.717, 1.165) is 36.3 Å². The van der Waals surface area contributed by atoms with Gasteiger partial charge in [0, 0.05) is 17.1 Å². The van der Waals surface area contributed by atoms with E-state index in [1.165, 1.54) is 4.70 Å². The Labute approximate surface area is 149 Å². The fourth-order valence-corrected chi connectivity index (χ4v) is 4.56. The van der Waals surface area contributed by atoms with Gasteiger partial charge >= 0.3 is 0 Å². The molecule has 122 valence electrons. The summed E-state index contributed by atoms with van der Waals surface area (Å²) in [5.74, 6) is 0.0430. The minimum absolute atomic E-state index is 0.0430. The van der Waals surface area contributed by atoms with Gasteiger partial charge in [0.2, 0.25) is 0 Å². The van der Waals surface area contributed by atoms with Crippen molar-refractivity contribution >= 4 is 39.1 Å². The molecule has 0 saturated carbocycles. The van der Waals surface area contributed by atoms with Crippen LogP contribution in [-0.4, -0.2) is 22.3 Å². The highest BCUT2D eigenvalue weighted by Crippen LogP contribution is 2.36. The predicted octanol–water partition coefficient (Wildman–Crippen LogP) is 5.32. The van der Waals surface area contributed by atoms with Gasteiger partial charge in [-0.25, -0.2) is 4.98 Å². The number of fused-ring (bicyclic) bond motifs is 1. The van der Waals surface area contributed by atoms with Crippen LogP contribution in [0.1, 0.15) is 40.7 Å². The SMILES string of the molecule is O=C(c1cccc(Cl)c1)N1CCCCC1c1nc2ccccc2s1. The van der Waals surface area contributed by atoms with Crippen LogP contribution in [0.3, 0.4) is 0 Å². The van der Waals surface area contributed by atoms with Gasteiger partial charge < -0.3 is 4.90 Å². The molecular weight excluding hydrogens is 340 g/mol. The first kappa shape index (κ1) is 15.6. The second-order valence-corrected chi connectivity index (χ2v) is 7.54. The summed E-state index contributed by atoms with van der Waals surface area (Å²) in [7, 11) is 0. The molecule has 5 heteroatoms. The third kappa shape index (κ3) is 2.92. The van der Waals surface area contributed by atoms with E-state index >= 15 is 0 Å². The summed E-state index contributed by atoms with van der Waals surface area (Å²) in [6.07, 6.45) is 3.12. The van der Waals surface area contributed by atoms with Crippen LogP contribution in [0.15, 0.2) is 48.5 Å². The van der Waals surface area contributed by atoms with E-state index in [1.807, 2.05) is 35.2 Å². The van der Waals surface area contributed by atoms with Crippen LogP contribution in [-0.2, 0) is 0 Å². The van der Waals surface area contributed by atoms with Gasteiger partial charge in [-0.2, -0.15) is 0 Å². The van der Waals surface area contributed by atoms with Crippen LogP contribution >= 0.6 is 22.9 Å². The van der Waals surface area contributed by atoms with Crippen molar-refractivity contribution in [2.45, 2.75) is 25.3 Å². The number of para-hydroxylation sites is 1. The molecule has 2 heterocycles. The summed E-state index contributed by atoms with van der Waals surface area (Å²) >= 11 is 7.75. The second kappa shape index (κ2) is 6.54. The molecule has 0 radical (unpaired) electrons. The van der Waals surface area contributed by atoms with E-state index in [4.69, 9.17) is 16.6 Å². The van der Waals surface area contributed by atoms with Gasteiger partial charge in [-0.3, -0.25) is 4.79 Å². The summed E-state index contributed by atoms with van der Waals surface area (Å²) in [6.45, 7) is 0.770. The maximum Gasteiger partial charge on any atom is 0.254 e. The van der Waals surface area contributed by atoms with Crippen molar-refractivity contribution in [2.75, 3.05) is 6.54 Å². The summed E-state index contributed by atoms with van der Waals surface area (Å²) < 4.78 is 1.17. The number of hydrogen-bond acceptors (Lipinski definition) is 3. The van der Waals surface area contributed by atoms with Gasteiger partial charge in [0.15, 0.2) is 0 Å². The van der Waals surface area contributed by atoms with Crippen LogP contribution < -0.4 is 0 Å². The minimum Gasteiger partial charge on any atom is -0.329 e. The molecule has 3 aromatic rings. The summed E-state index contributed by atoms with van der Waals surface area (Å²) in [5, 5.41) is 1.63. The van der Waals surface area contributed by atoms with E-state index in [9.17, 15) is 4.79 Å². The smallest absolute Gasteiger partial charge is 0.254 e. The Morgan fingerprint density at radius 2 is 2.04 bits per heavy atom. The standard InChI is InChI=1S/C19H17ClN2OS/c20-14-7-5-6-13(12-14)19(23)22-11-4-3-9-16(22)18-21-15-8-1-2-10-17(15)24-18/h1-2,5-8,10,12,16H,3-4,9,11H2. The zero-order chi connectivity index (χ0) is 16.5. The Morgan fingerprint density at radius 1 is 1.17 bits per heavy atom. The highest BCUT2D eigenvalue weighted by atomic mass is 35.5. The number of likely N-dealkylation sites (tertiary alicyclic amines) is 1. The van der Waals surface area contributed by atoms with Gasteiger partial charge in [-0.1, -0.05) is 29.8 Å². The van der Waals surface area contributed by atoms with Crippen LogP contribution in [0.4, 0.5) is 0 Å². The normalized spacial score (nSPS) is 18.0. The maximum atomic E-state index is 13.0. The van der Waals surface area contributed by atoms with Crippen LogP contribution in [0.25, 0.3) is 10.2 Å². The summed E-state index contributed by atoms with van der Waals surface area (Å²) in [5.41, 5.74) is 1.66. The molecule has 1 aliphatic rings. The molecule has 1 unspecified atom stereocenters. The van der Waals surface area contributed by atoms with Gasteiger partial charge in [-0.15, -0.1) is 11.3 Å². The van der Waals surface area contributed by atoms with Gasteiger partial charge in [0.25, 0.3) is 5.91 Å². The zero-order valence-corrected chi connectivity index (χ0v) is 14.7. The highest BCUT2D eigenvalue weighted by Gasteiger charge is 2.30. The molecule has 0 bridgehead atoms. The molecule has 1 fully saturated rings. The molecule has 1 amide bonds. The average Bonchev–Trinajstić information content (AvgIpc) is 3.05. The molecule has 0 spiro atoms. The van der Waals surface area contributed by atoms with Crippen LogP contribution in [0.5, 0.6) is 0 Å². The Morgan fingerprint density at radius 3 is 2.88 bits per heavy atom. The van der Waals surface area contributed by atoms with Crippen LogP contribution in [0, 0.1) is 0 Å². The van der Waals surface area contributed by atoms with Crippen molar-refractivity contribution in [1.82, 2.24) is 9.88 Å². The van der Waals surface area contributed by atoms with Crippen molar-refractivity contribution in [3.63, 3.8) is 0 Å². The number of carbonyl (C=O) groups is 1. The molecule has 0 N–H and O–H groups in total. The van der Waals surface area contributed by atoms with E-state index in [0.29, 0.717) is 10.6 Å². The van der Waals surface area contributed by atoms with Crippen molar-refractivity contribution < 1.29 is 4.79 Å². The fraction of sp³-hybridized carbons (Fsp3) is 0.263. The van der Waals surface area contributed by atoms with Gasteiger partial charge in [0.1, 0.15) is 5.01 Å². The highest BCUT2D eigenvalue weighted by molar-refractivity contribution is 7.18. The summed E-state index contributed by atoms with van der Waals surface area (Å²) in [4.78, 5) is 19.7. The number of aromatic nitrogens is 1. The Bertz CT molecular complexity index is 859. The van der Waals surface area contributed by atoms with Crippen LogP contribution in [0.2, 0.25) is 5.02 Å². The largest absolute Gasteiger partial charge is 0.329 e. The lowest BCUT2D eigenvalue weighted by Crippen LogP contribution is -2.38. The van der Waals surface area contributed by atoms with Crippen molar-refractivity contribution in [1.29, 1.82) is 0 Å². The number of halogens is 1. The third-order valence-electron chi connectivity index (χ3n) is 4.43. The fourth-order valence-electron chi connectivity index (χ4n) is 3.25. The average molecular weight is 357 g/mol. The first-order valence-electron chi connectivity index (χ1n) is 8.14. The minimum atomic E-state index is 0.0430. The van der Waals surface area contributed by atoms with Crippen molar-refractivity contribution in [3.05, 3.63) is 64.1 Å². The molecule has 1 saturated heterocycles. The molecule has 0 aliphatic carbocycles. The Kier molecular flexibility index (Phi) is 4.25.